The maximum Gasteiger partial charge on any atom is 1.00 e. The number of rotatable bonds is 59. The van der Waals surface area contributed by atoms with E-state index in [9.17, 15) is 35.5 Å². The number of benzene rings is 4. The molecule has 0 aliphatic heterocycles. The van der Waals surface area contributed by atoms with E-state index in [0.29, 0.717) is 128 Å². The van der Waals surface area contributed by atoms with Crippen molar-refractivity contribution in [3.8, 4) is 11.5 Å². The standard InChI is InChI=1S/C66H98N4O18S4.2Na/c71-65(69-67-55-59-23-15-17-25-63(59)91(73,74)75)57-27-31-61(32-28-57)87-51-49-85-47-45-83-43-41-81-39-37-79-35-19-11-7-3-1-5-9-13-21-53-89-90-54-22-14-10-6-2-4-8-12-20-36-80-38-40-82-42-44-84-46-48-86-50-52-88-62-33-29-58(30-34-62)66(72)70-68-56-60-24-16-18-26-64(60)92(76,77)78;;/h15-18,23-34,55-56H,1-14,19-22,35-54H2,(H,69,71)(H,70,72)(H,73,74,75)(H,76,77,78);;/q;2*+1/p-2/b67-55-,68-56-;;. The van der Waals surface area contributed by atoms with E-state index in [-0.39, 0.29) is 70.2 Å². The minimum absolute atomic E-state index is 0. The number of unbranched alkanes of at least 4 members (excludes halogenated alkanes) is 16. The number of hydrazone groups is 2. The van der Waals surface area contributed by atoms with E-state index in [4.69, 9.17) is 47.4 Å². The summed E-state index contributed by atoms with van der Waals surface area (Å²) in [6, 6.07) is 24.0. The van der Waals surface area contributed by atoms with Gasteiger partial charge in [0.15, 0.2) is 0 Å². The molecule has 4 aromatic carbocycles. The summed E-state index contributed by atoms with van der Waals surface area (Å²) in [6.07, 6.45) is 25.4. The van der Waals surface area contributed by atoms with Crippen molar-refractivity contribution in [3.63, 3.8) is 0 Å². The van der Waals surface area contributed by atoms with Gasteiger partial charge in [0.2, 0.25) is 0 Å². The Morgan fingerprint density at radius 3 is 0.904 bits per heavy atom. The predicted octanol–water partition coefficient (Wildman–Crippen LogP) is 5.02. The average molecular weight is 1410 g/mol. The quantitative estimate of drug-likeness (QED) is 0.0146. The largest absolute Gasteiger partial charge is 1.00 e. The molecule has 0 saturated heterocycles. The molecule has 0 atom stereocenters. The molecule has 4 aromatic rings. The van der Waals surface area contributed by atoms with Gasteiger partial charge < -0.3 is 56.5 Å². The first kappa shape index (κ1) is 87.0. The summed E-state index contributed by atoms with van der Waals surface area (Å²) in [5, 5.41) is 7.54. The van der Waals surface area contributed by atoms with Crippen molar-refractivity contribution >= 4 is 66.1 Å². The zero-order valence-electron chi connectivity index (χ0n) is 55.1. The maximum absolute atomic E-state index is 12.4. The van der Waals surface area contributed by atoms with Crippen LogP contribution in [-0.4, -0.2) is 181 Å². The summed E-state index contributed by atoms with van der Waals surface area (Å²) in [5.41, 5.74) is 5.40. The smallest absolute Gasteiger partial charge is 0.744 e. The van der Waals surface area contributed by atoms with Crippen LogP contribution in [0.5, 0.6) is 11.5 Å². The van der Waals surface area contributed by atoms with E-state index in [0.717, 1.165) is 38.5 Å². The molecule has 22 nitrogen and oxygen atoms in total. The van der Waals surface area contributed by atoms with Gasteiger partial charge in [-0.2, -0.15) is 10.2 Å². The summed E-state index contributed by atoms with van der Waals surface area (Å²) >= 11 is 0. The van der Waals surface area contributed by atoms with Gasteiger partial charge in [-0.15, -0.1) is 0 Å². The van der Waals surface area contributed by atoms with Crippen molar-refractivity contribution in [1.29, 1.82) is 0 Å². The Kier molecular flexibility index (Phi) is 53.5. The fraction of sp³-hybridized carbons (Fsp3) is 0.576. The zero-order chi connectivity index (χ0) is 65.7. The van der Waals surface area contributed by atoms with Crippen molar-refractivity contribution in [2.24, 2.45) is 10.2 Å². The van der Waals surface area contributed by atoms with Crippen molar-refractivity contribution in [2.45, 2.75) is 125 Å². The van der Waals surface area contributed by atoms with Crippen LogP contribution in [0.15, 0.2) is 117 Å². The van der Waals surface area contributed by atoms with E-state index in [2.05, 4.69) is 42.6 Å². The maximum atomic E-state index is 12.4. The van der Waals surface area contributed by atoms with Gasteiger partial charge in [0, 0.05) is 47.0 Å². The topological polar surface area (TPSA) is 290 Å². The molecule has 0 fully saturated rings. The fourth-order valence-corrected chi connectivity index (χ4v) is 12.4. The number of nitrogens with one attached hydrogen (secondary N) is 2. The summed E-state index contributed by atoms with van der Waals surface area (Å²) in [6.45, 7) is 8.90. The van der Waals surface area contributed by atoms with Gasteiger partial charge in [-0.3, -0.25) is 9.59 Å². The predicted molar refractivity (Wildman–Crippen MR) is 357 cm³/mol. The van der Waals surface area contributed by atoms with Crippen molar-refractivity contribution in [3.05, 3.63) is 119 Å². The number of hydrogen-bond donors (Lipinski definition) is 2. The van der Waals surface area contributed by atoms with Crippen LogP contribution >= 0.6 is 21.6 Å². The van der Waals surface area contributed by atoms with Crippen LogP contribution in [-0.2, 0) is 58.1 Å². The normalized spacial score (nSPS) is 11.6. The second kappa shape index (κ2) is 57.8. The molecule has 0 aromatic heterocycles. The van der Waals surface area contributed by atoms with Gasteiger partial charge in [0.05, 0.1) is 115 Å². The molecule has 0 aliphatic carbocycles. The van der Waals surface area contributed by atoms with Crippen LogP contribution in [0.4, 0.5) is 0 Å². The Morgan fingerprint density at radius 1 is 0.351 bits per heavy atom. The number of hydrogen-bond acceptors (Lipinski definition) is 22. The molecule has 0 saturated carbocycles. The molecule has 0 bridgehead atoms. The second-order valence-corrected chi connectivity index (χ2v) is 26.4. The van der Waals surface area contributed by atoms with Crippen LogP contribution in [0, 0.1) is 0 Å². The first-order valence-corrected chi connectivity index (χ1v) is 37.3. The summed E-state index contributed by atoms with van der Waals surface area (Å²) in [7, 11) is -5.24. The van der Waals surface area contributed by atoms with E-state index in [1.54, 1.807) is 60.7 Å². The molecular weight excluding hydrogens is 1310 g/mol. The van der Waals surface area contributed by atoms with Gasteiger partial charge >= 0.3 is 59.1 Å². The van der Waals surface area contributed by atoms with E-state index >= 15 is 0 Å². The Labute approximate surface area is 610 Å². The van der Waals surface area contributed by atoms with Gasteiger partial charge in [-0.1, -0.05) is 148 Å². The third kappa shape index (κ3) is 44.8. The zero-order valence-corrected chi connectivity index (χ0v) is 62.4. The van der Waals surface area contributed by atoms with Crippen molar-refractivity contribution in [1.82, 2.24) is 10.9 Å². The summed E-state index contributed by atoms with van der Waals surface area (Å²) in [5.74, 6) is 2.62. The van der Waals surface area contributed by atoms with Gasteiger partial charge in [0.25, 0.3) is 11.8 Å². The van der Waals surface area contributed by atoms with Crippen molar-refractivity contribution in [2.75, 3.05) is 130 Å². The monoisotopic (exact) mass is 1410 g/mol. The SMILES string of the molecule is O=C(N/N=C\c1ccccc1S(=O)(=O)[O-])c1ccc(OCCOCCOCCOCCOCCCCCCCCCCCSSCCCCCCCCCCCOCCOCCOCCOCCOc2ccc(C(=O)N/N=C\c3ccccc3S(=O)(=O)[O-])cc2)cc1.[Na+].[Na+]. The fourth-order valence-electron chi connectivity index (χ4n) is 8.77. The minimum Gasteiger partial charge on any atom is -0.744 e. The van der Waals surface area contributed by atoms with Gasteiger partial charge in [-0.05, 0) is 86.3 Å². The first-order valence-electron chi connectivity index (χ1n) is 32.0. The number of carbonyl (C=O) groups is 2. The van der Waals surface area contributed by atoms with E-state index in [1.807, 2.05) is 0 Å². The van der Waals surface area contributed by atoms with E-state index < -0.39 is 41.8 Å². The number of ether oxygens (including phenoxy) is 10. The summed E-state index contributed by atoms with van der Waals surface area (Å²) < 4.78 is 125. The van der Waals surface area contributed by atoms with Crippen LogP contribution < -0.4 is 79.4 Å². The van der Waals surface area contributed by atoms with E-state index in [1.165, 1.54) is 151 Å². The molecule has 2 amide bonds. The van der Waals surface area contributed by atoms with Gasteiger partial charge in [0.1, 0.15) is 44.9 Å². The molecule has 28 heteroatoms. The molecule has 0 unspecified atom stereocenters. The Balaban J connectivity index is 0.0000150. The number of nitrogens with zero attached hydrogens (tertiary/aromatic N) is 2. The third-order valence-electron chi connectivity index (χ3n) is 13.7. The molecule has 0 aliphatic rings. The Morgan fingerprint density at radius 2 is 0.606 bits per heavy atom. The Hall–Kier alpha value is -3.04. The van der Waals surface area contributed by atoms with Crippen LogP contribution in [0.2, 0.25) is 0 Å². The Bertz CT molecular complexity index is 2660. The third-order valence-corrected chi connectivity index (χ3v) is 18.1. The molecule has 4 rings (SSSR count). The molecule has 0 heterocycles. The molecular formula is C66H96N4Na2O18S4. The first-order chi connectivity index (χ1) is 44.9. The van der Waals surface area contributed by atoms with Gasteiger partial charge in [-0.25, -0.2) is 27.7 Å². The van der Waals surface area contributed by atoms with Crippen LogP contribution in [0.3, 0.4) is 0 Å². The minimum atomic E-state index is -4.68. The molecule has 514 valence electrons. The number of amides is 2. The second-order valence-electron chi connectivity index (χ2n) is 21.0. The average Bonchev–Trinajstić information content (AvgIpc) is 0.869. The number of carbonyl (C=O) groups excluding carboxylic acids is 2. The van der Waals surface area contributed by atoms with Crippen LogP contribution in [0.25, 0.3) is 0 Å². The summed E-state index contributed by atoms with van der Waals surface area (Å²) in [4.78, 5) is 24.0. The molecule has 0 spiro atoms. The van der Waals surface area contributed by atoms with Crippen molar-refractivity contribution < 1.29 is 142 Å². The molecule has 94 heavy (non-hydrogen) atoms. The van der Waals surface area contributed by atoms with Crippen LogP contribution in [0.1, 0.15) is 147 Å². The molecule has 0 radical (unpaired) electrons. The molecule has 2 N–H and O–H groups in total.